The number of benzene rings is 5. The van der Waals surface area contributed by atoms with Crippen LogP contribution in [0.2, 0.25) is 18.1 Å². The minimum atomic E-state index is -2.33. The van der Waals surface area contributed by atoms with Crippen LogP contribution in [0.25, 0.3) is 0 Å². The molecule has 434 valence electrons. The molecule has 12 atom stereocenters. The zero-order valence-corrected chi connectivity index (χ0v) is 52.4. The molecule has 11 nitrogen and oxygen atoms in total. The van der Waals surface area contributed by atoms with Crippen molar-refractivity contribution in [2.45, 2.75) is 185 Å². The van der Waals surface area contributed by atoms with Gasteiger partial charge in [0.1, 0.15) is 17.5 Å². The van der Waals surface area contributed by atoms with Gasteiger partial charge in [0, 0.05) is 27.7 Å². The van der Waals surface area contributed by atoms with Crippen LogP contribution in [-0.2, 0) is 75.4 Å². The Labute approximate surface area is 494 Å². The molecule has 0 unspecified atom stereocenters. The van der Waals surface area contributed by atoms with Crippen molar-refractivity contribution >= 4 is 40.2 Å². The van der Waals surface area contributed by atoms with Gasteiger partial charge in [-0.3, -0.25) is 0 Å². The number of ether oxygens (including phenoxy) is 9. The molecule has 1 N–H and O–H groups in total. The molecule has 2 fully saturated rings. The monoisotopic (exact) mass is 1240 g/mol. The third-order valence-corrected chi connectivity index (χ3v) is 22.1. The highest BCUT2D eigenvalue weighted by molar-refractivity contribution is 9.10. The Kier molecular flexibility index (Phi) is 23.3. The molecule has 0 amide bonds. The van der Waals surface area contributed by atoms with Gasteiger partial charge in [-0.25, -0.2) is 0 Å². The predicted molar refractivity (Wildman–Crippen MR) is 324 cm³/mol. The van der Waals surface area contributed by atoms with Crippen molar-refractivity contribution in [3.8, 4) is 5.75 Å². The zero-order valence-electron chi connectivity index (χ0n) is 48.2. The van der Waals surface area contributed by atoms with Crippen molar-refractivity contribution in [2.75, 3.05) is 20.3 Å². The number of hydrogen-bond acceptors (Lipinski definition) is 11. The van der Waals surface area contributed by atoms with E-state index in [0.29, 0.717) is 71.9 Å². The second kappa shape index (κ2) is 29.8. The molecule has 5 aromatic rings. The lowest BCUT2D eigenvalue weighted by Gasteiger charge is -2.42. The molecule has 5 aromatic carbocycles. The SMILES string of the molecule is COc1ccc(CO[C@@H]2C[C@H](C)C[C@H](OCc3ccc(Br)cc3)[C@@H](OCc3ccc(Br)cc3)O[C@H]2C[C@H](O)[C@]2(C)O[C@H]2C[C@H]2O[C@@H](COCc3ccccc3)[C@H](COCc3ccccc3)C/C=C\C[C@@H]2O[Si](C)(C)C(C)(C)C)cc1. The lowest BCUT2D eigenvalue weighted by molar-refractivity contribution is -0.267. The average Bonchev–Trinajstić information content (AvgIpc) is 4.24. The summed E-state index contributed by atoms with van der Waals surface area (Å²) in [7, 11) is -0.662. The van der Waals surface area contributed by atoms with Gasteiger partial charge < -0.3 is 52.2 Å². The van der Waals surface area contributed by atoms with Gasteiger partial charge in [0.25, 0.3) is 0 Å². The predicted octanol–water partition coefficient (Wildman–Crippen LogP) is 14.9. The van der Waals surface area contributed by atoms with Gasteiger partial charge in [-0.15, -0.1) is 0 Å². The third-order valence-electron chi connectivity index (χ3n) is 16.5. The van der Waals surface area contributed by atoms with Crippen LogP contribution in [0.15, 0.2) is 155 Å². The smallest absolute Gasteiger partial charge is 0.192 e. The first-order valence-electron chi connectivity index (χ1n) is 28.6. The molecule has 8 rings (SSSR count). The van der Waals surface area contributed by atoms with Gasteiger partial charge in [-0.2, -0.15) is 0 Å². The Hall–Kier alpha value is -3.58. The maximum Gasteiger partial charge on any atom is 0.192 e. The van der Waals surface area contributed by atoms with Crippen LogP contribution < -0.4 is 4.74 Å². The number of aliphatic hydroxyl groups excluding tert-OH is 1. The molecular weight excluding hydrogens is 1160 g/mol. The Bertz CT molecular complexity index is 2620. The normalized spacial score (nSPS) is 27.4. The first-order valence-corrected chi connectivity index (χ1v) is 33.1. The average molecular weight is 1240 g/mol. The Morgan fingerprint density at radius 3 is 1.70 bits per heavy atom. The second-order valence-electron chi connectivity index (χ2n) is 23.8. The summed E-state index contributed by atoms with van der Waals surface area (Å²) >= 11 is 7.16. The van der Waals surface area contributed by atoms with E-state index < -0.39 is 50.7 Å². The third kappa shape index (κ3) is 18.5. The van der Waals surface area contributed by atoms with Crippen LogP contribution in [0.1, 0.15) is 101 Å². The molecule has 0 aromatic heterocycles. The number of halogens is 2. The van der Waals surface area contributed by atoms with Crippen molar-refractivity contribution in [2.24, 2.45) is 11.8 Å². The Morgan fingerprint density at radius 1 is 0.613 bits per heavy atom. The van der Waals surface area contributed by atoms with Crippen LogP contribution in [0.5, 0.6) is 5.75 Å². The number of epoxide rings is 1. The summed E-state index contributed by atoms with van der Waals surface area (Å²) in [6.45, 7) is 18.5. The summed E-state index contributed by atoms with van der Waals surface area (Å²) in [4.78, 5) is 0. The van der Waals surface area contributed by atoms with E-state index >= 15 is 0 Å². The van der Waals surface area contributed by atoms with Gasteiger partial charge in [-0.05, 0) is 121 Å². The molecule has 0 radical (unpaired) electrons. The highest BCUT2D eigenvalue weighted by Gasteiger charge is 2.59. The molecule has 3 heterocycles. The molecular formula is C66H86Br2O11Si. The Morgan fingerprint density at radius 2 is 1.12 bits per heavy atom. The van der Waals surface area contributed by atoms with Crippen molar-refractivity contribution < 1.29 is 52.2 Å². The van der Waals surface area contributed by atoms with Crippen LogP contribution in [0, 0.1) is 11.8 Å². The maximum atomic E-state index is 12.8. The molecule has 0 spiro atoms. The van der Waals surface area contributed by atoms with E-state index in [-0.39, 0.29) is 41.6 Å². The molecule has 0 aliphatic carbocycles. The summed E-state index contributed by atoms with van der Waals surface area (Å²) in [5, 5.41) is 12.8. The summed E-state index contributed by atoms with van der Waals surface area (Å²) < 4.78 is 69.9. The summed E-state index contributed by atoms with van der Waals surface area (Å²) in [5.41, 5.74) is 4.34. The molecule has 3 aliphatic heterocycles. The number of rotatable bonds is 25. The van der Waals surface area contributed by atoms with E-state index in [9.17, 15) is 5.11 Å². The van der Waals surface area contributed by atoms with Gasteiger partial charge in [0.05, 0.1) is 96.1 Å². The van der Waals surface area contributed by atoms with Crippen molar-refractivity contribution in [1.29, 1.82) is 0 Å². The maximum absolute atomic E-state index is 12.8. The molecule has 3 aliphatic rings. The molecule has 0 bridgehead atoms. The van der Waals surface area contributed by atoms with Gasteiger partial charge in [-0.1, -0.05) is 169 Å². The highest BCUT2D eigenvalue weighted by Crippen LogP contribution is 2.47. The first-order chi connectivity index (χ1) is 38.4. The van der Waals surface area contributed by atoms with E-state index in [1.807, 2.05) is 104 Å². The standard InChI is InChI=1S/C66H86Br2O11Si/c1-46-35-57(73-41-51-27-33-55(70-6)34-28-51)58(77-64(75-43-50-25-31-54(68)32-26-50)60(36-46)74-42-49-23-29-53(67)30-24-49)37-62(69)66(5)63(78-66)38-59-56(79-80(7,8)65(2,3)4)22-16-15-21-52(44-71-39-47-17-11-9-12-18-47)61(76-59)45-72-40-48-19-13-10-14-20-48/h9-20,23-34,46,52,56-64,69H,21-22,35-45H2,1-8H3/b16-15-/t46-,52-,56-,57+,58-,59+,60-,61-,62-,63-,64-,66-/m0/s1. The highest BCUT2D eigenvalue weighted by atomic mass is 79.9. The molecule has 14 heteroatoms. The van der Waals surface area contributed by atoms with Crippen LogP contribution in [0.4, 0.5) is 0 Å². The van der Waals surface area contributed by atoms with E-state index in [2.05, 4.69) is 121 Å². The number of methoxy groups -OCH3 is 1. The first kappa shape index (κ1) is 62.5. The minimum absolute atomic E-state index is 0.00717. The van der Waals surface area contributed by atoms with E-state index in [0.717, 1.165) is 48.9 Å². The van der Waals surface area contributed by atoms with Crippen LogP contribution >= 0.6 is 31.9 Å². The molecule has 0 saturated carbocycles. The molecule has 2 saturated heterocycles. The van der Waals surface area contributed by atoms with Gasteiger partial charge >= 0.3 is 0 Å². The van der Waals surface area contributed by atoms with Gasteiger partial charge in [0.15, 0.2) is 14.6 Å². The fourth-order valence-electron chi connectivity index (χ4n) is 10.4. The van der Waals surface area contributed by atoms with E-state index in [1.165, 1.54) is 0 Å². The lowest BCUT2D eigenvalue weighted by atomic mass is 9.87. The fourth-order valence-corrected chi connectivity index (χ4v) is 12.3. The number of hydrogen-bond donors (Lipinski definition) is 1. The van der Waals surface area contributed by atoms with Crippen molar-refractivity contribution in [3.63, 3.8) is 0 Å². The summed E-state index contributed by atoms with van der Waals surface area (Å²) in [6.07, 6.45) is 3.51. The fraction of sp³-hybridized carbons (Fsp3) is 0.515. The van der Waals surface area contributed by atoms with Crippen molar-refractivity contribution in [1.82, 2.24) is 0 Å². The van der Waals surface area contributed by atoms with Crippen molar-refractivity contribution in [3.05, 3.63) is 182 Å². The van der Waals surface area contributed by atoms with Crippen LogP contribution in [-0.4, -0.2) is 94.5 Å². The number of allylic oxidation sites excluding steroid dienone is 1. The quantitative estimate of drug-likeness (QED) is 0.0342. The largest absolute Gasteiger partial charge is 0.497 e. The molecule has 80 heavy (non-hydrogen) atoms. The number of aliphatic hydroxyl groups is 1. The minimum Gasteiger partial charge on any atom is -0.497 e. The van der Waals surface area contributed by atoms with E-state index in [1.54, 1.807) is 7.11 Å². The summed E-state index contributed by atoms with van der Waals surface area (Å²) in [5.74, 6) is 0.921. The van der Waals surface area contributed by atoms with Gasteiger partial charge in [0.2, 0.25) is 0 Å². The topological polar surface area (TPSA) is 116 Å². The zero-order chi connectivity index (χ0) is 56.7. The second-order valence-corrected chi connectivity index (χ2v) is 30.4. The summed E-state index contributed by atoms with van der Waals surface area (Å²) in [6, 6.07) is 44.8. The Balaban J connectivity index is 1.06. The van der Waals surface area contributed by atoms with Crippen LogP contribution in [0.3, 0.4) is 0 Å². The van der Waals surface area contributed by atoms with E-state index in [4.69, 9.17) is 47.1 Å². The lowest BCUT2D eigenvalue weighted by Crippen LogP contribution is -2.50.